The first-order valence-electron chi connectivity index (χ1n) is 7.96. The third-order valence-electron chi connectivity index (χ3n) is 5.03. The molecule has 2 unspecified atom stereocenters. The zero-order chi connectivity index (χ0) is 13.5. The largest absolute Gasteiger partial charge is 0.348 e. The van der Waals surface area contributed by atoms with Crippen molar-refractivity contribution in [2.75, 3.05) is 0 Å². The lowest BCUT2D eigenvalue weighted by molar-refractivity contribution is 0.0928. The van der Waals surface area contributed by atoms with E-state index in [1.165, 1.54) is 42.5 Å². The van der Waals surface area contributed by atoms with Crippen LogP contribution in [0.4, 0.5) is 0 Å². The third kappa shape index (κ3) is 2.40. The highest BCUT2D eigenvalue weighted by Gasteiger charge is 2.34. The molecular weight excluding hydrogens is 268 g/mol. The first-order chi connectivity index (χ1) is 9.78. The van der Waals surface area contributed by atoms with Crippen LogP contribution in [0.25, 0.3) is 0 Å². The molecule has 4 heteroatoms. The van der Waals surface area contributed by atoms with Gasteiger partial charge in [0.1, 0.15) is 0 Å². The smallest absolute Gasteiger partial charge is 0.261 e. The van der Waals surface area contributed by atoms with E-state index in [4.69, 9.17) is 0 Å². The maximum atomic E-state index is 12.4. The summed E-state index contributed by atoms with van der Waals surface area (Å²) < 4.78 is 0. The number of piperidine rings is 1. The van der Waals surface area contributed by atoms with Crippen LogP contribution in [0.15, 0.2) is 6.07 Å². The Bertz CT molecular complexity index is 489. The van der Waals surface area contributed by atoms with Gasteiger partial charge in [-0.3, -0.25) is 4.79 Å². The number of fused-ring (bicyclic) bond motifs is 3. The van der Waals surface area contributed by atoms with E-state index in [-0.39, 0.29) is 5.91 Å². The Hall–Kier alpha value is -0.870. The minimum Gasteiger partial charge on any atom is -0.348 e. The van der Waals surface area contributed by atoms with Gasteiger partial charge in [-0.05, 0) is 63.0 Å². The highest BCUT2D eigenvalue weighted by molar-refractivity contribution is 7.14. The van der Waals surface area contributed by atoms with Crippen molar-refractivity contribution in [1.29, 1.82) is 0 Å². The molecule has 3 heterocycles. The molecule has 1 amide bonds. The summed E-state index contributed by atoms with van der Waals surface area (Å²) in [5, 5.41) is 6.90. The Morgan fingerprint density at radius 3 is 2.70 bits per heavy atom. The molecule has 2 fully saturated rings. The number of carbonyl (C=O) groups is 1. The molecule has 0 spiro atoms. The predicted molar refractivity (Wildman–Crippen MR) is 81.4 cm³/mol. The fourth-order valence-electron chi connectivity index (χ4n) is 4.03. The molecule has 0 aromatic carbocycles. The van der Waals surface area contributed by atoms with Gasteiger partial charge in [-0.25, -0.2) is 0 Å². The van der Waals surface area contributed by atoms with Crippen LogP contribution in [-0.2, 0) is 12.8 Å². The van der Waals surface area contributed by atoms with E-state index >= 15 is 0 Å². The molecular formula is C16H22N2OS. The van der Waals surface area contributed by atoms with Gasteiger partial charge in [-0.1, -0.05) is 0 Å². The molecule has 0 radical (unpaired) electrons. The van der Waals surface area contributed by atoms with Crippen molar-refractivity contribution in [3.05, 3.63) is 21.4 Å². The topological polar surface area (TPSA) is 41.1 Å². The first-order valence-corrected chi connectivity index (χ1v) is 8.78. The van der Waals surface area contributed by atoms with Gasteiger partial charge >= 0.3 is 0 Å². The lowest BCUT2D eigenvalue weighted by Crippen LogP contribution is -2.47. The fourth-order valence-corrected chi connectivity index (χ4v) is 5.19. The van der Waals surface area contributed by atoms with E-state index in [0.29, 0.717) is 18.1 Å². The van der Waals surface area contributed by atoms with Crippen LogP contribution in [0.1, 0.15) is 58.6 Å². The number of hydrogen-bond donors (Lipinski definition) is 2. The van der Waals surface area contributed by atoms with Crippen LogP contribution >= 0.6 is 11.3 Å². The Labute approximate surface area is 124 Å². The van der Waals surface area contributed by atoms with Crippen molar-refractivity contribution in [1.82, 2.24) is 10.6 Å². The number of amides is 1. The number of thiophene rings is 1. The summed E-state index contributed by atoms with van der Waals surface area (Å²) in [7, 11) is 0. The second-order valence-corrected chi connectivity index (χ2v) is 7.68. The summed E-state index contributed by atoms with van der Waals surface area (Å²) in [4.78, 5) is 14.8. The Balaban J connectivity index is 1.43. The Kier molecular flexibility index (Phi) is 3.31. The summed E-state index contributed by atoms with van der Waals surface area (Å²) in [6.07, 6.45) is 9.67. The van der Waals surface area contributed by atoms with Crippen LogP contribution in [0.2, 0.25) is 0 Å². The van der Waals surface area contributed by atoms with Crippen molar-refractivity contribution < 1.29 is 4.79 Å². The van der Waals surface area contributed by atoms with E-state index in [1.807, 2.05) is 0 Å². The van der Waals surface area contributed by atoms with Gasteiger partial charge in [-0.15, -0.1) is 11.3 Å². The number of nitrogens with one attached hydrogen (secondary N) is 2. The summed E-state index contributed by atoms with van der Waals surface area (Å²) in [6, 6.07) is 3.79. The lowest BCUT2D eigenvalue weighted by atomic mass is 9.98. The van der Waals surface area contributed by atoms with Crippen LogP contribution in [0.5, 0.6) is 0 Å². The van der Waals surface area contributed by atoms with Crippen molar-refractivity contribution in [3.8, 4) is 0 Å². The van der Waals surface area contributed by atoms with Gasteiger partial charge in [0.05, 0.1) is 4.88 Å². The van der Waals surface area contributed by atoms with Gasteiger partial charge in [0.2, 0.25) is 0 Å². The normalized spacial score (nSPS) is 31.9. The third-order valence-corrected chi connectivity index (χ3v) is 6.26. The van der Waals surface area contributed by atoms with Crippen molar-refractivity contribution in [3.63, 3.8) is 0 Å². The molecule has 108 valence electrons. The van der Waals surface area contributed by atoms with E-state index < -0.39 is 0 Å². The van der Waals surface area contributed by atoms with E-state index in [0.717, 1.165) is 24.1 Å². The highest BCUT2D eigenvalue weighted by atomic mass is 32.1. The second-order valence-electron chi connectivity index (χ2n) is 6.55. The SMILES string of the molecule is O=C(NC1CC2CCC(C1)N2)c1cc2c(s1)CCCC2. The van der Waals surface area contributed by atoms with E-state index in [9.17, 15) is 4.79 Å². The monoisotopic (exact) mass is 290 g/mol. The van der Waals surface area contributed by atoms with Gasteiger partial charge in [0.15, 0.2) is 0 Å². The fraction of sp³-hybridized carbons (Fsp3) is 0.688. The Morgan fingerprint density at radius 1 is 1.20 bits per heavy atom. The summed E-state index contributed by atoms with van der Waals surface area (Å²) in [5.41, 5.74) is 1.43. The molecule has 0 saturated carbocycles. The summed E-state index contributed by atoms with van der Waals surface area (Å²) >= 11 is 1.72. The van der Waals surface area contributed by atoms with Crippen LogP contribution in [0, 0.1) is 0 Å². The highest BCUT2D eigenvalue weighted by Crippen LogP contribution is 2.31. The predicted octanol–water partition coefficient (Wildman–Crippen LogP) is 2.64. The van der Waals surface area contributed by atoms with Gasteiger partial charge in [0, 0.05) is 23.0 Å². The number of aryl methyl sites for hydroxylation is 2. The summed E-state index contributed by atoms with van der Waals surface area (Å²) in [6.45, 7) is 0. The Morgan fingerprint density at radius 2 is 1.95 bits per heavy atom. The molecule has 3 nitrogen and oxygen atoms in total. The molecule has 1 aromatic heterocycles. The molecule has 2 bridgehead atoms. The van der Waals surface area contributed by atoms with Gasteiger partial charge in [0.25, 0.3) is 5.91 Å². The molecule has 4 rings (SSSR count). The van der Waals surface area contributed by atoms with Crippen LogP contribution < -0.4 is 10.6 Å². The van der Waals surface area contributed by atoms with E-state index in [1.54, 1.807) is 11.3 Å². The lowest BCUT2D eigenvalue weighted by Gasteiger charge is -2.29. The zero-order valence-electron chi connectivity index (χ0n) is 11.8. The van der Waals surface area contributed by atoms with Crippen molar-refractivity contribution >= 4 is 17.2 Å². The molecule has 3 aliphatic rings. The van der Waals surface area contributed by atoms with E-state index in [2.05, 4.69) is 16.7 Å². The van der Waals surface area contributed by atoms with Gasteiger partial charge in [-0.2, -0.15) is 0 Å². The van der Waals surface area contributed by atoms with Gasteiger partial charge < -0.3 is 10.6 Å². The number of hydrogen-bond acceptors (Lipinski definition) is 3. The molecule has 20 heavy (non-hydrogen) atoms. The van der Waals surface area contributed by atoms with Crippen LogP contribution in [-0.4, -0.2) is 24.0 Å². The van der Waals surface area contributed by atoms with Crippen molar-refractivity contribution in [2.45, 2.75) is 69.5 Å². The zero-order valence-corrected chi connectivity index (χ0v) is 12.6. The quantitative estimate of drug-likeness (QED) is 0.879. The second kappa shape index (κ2) is 5.15. The average molecular weight is 290 g/mol. The minimum atomic E-state index is 0.163. The maximum absolute atomic E-state index is 12.4. The molecule has 2 atom stereocenters. The molecule has 2 N–H and O–H groups in total. The molecule has 1 aromatic rings. The summed E-state index contributed by atoms with van der Waals surface area (Å²) in [5.74, 6) is 0.163. The van der Waals surface area contributed by atoms with Crippen LogP contribution in [0.3, 0.4) is 0 Å². The van der Waals surface area contributed by atoms with Crippen molar-refractivity contribution in [2.24, 2.45) is 0 Å². The number of rotatable bonds is 2. The maximum Gasteiger partial charge on any atom is 0.261 e. The molecule has 2 aliphatic heterocycles. The average Bonchev–Trinajstić information content (AvgIpc) is 3.02. The molecule has 2 saturated heterocycles. The standard InChI is InChI=1S/C16H22N2OS/c19-16(15-7-10-3-1-2-4-14(10)20-15)18-13-8-11-5-6-12(9-13)17-11/h7,11-13,17H,1-6,8-9H2,(H,18,19). The molecule has 1 aliphatic carbocycles. The number of carbonyl (C=O) groups excluding carboxylic acids is 1. The minimum absolute atomic E-state index is 0.163. The first kappa shape index (κ1) is 12.8.